The maximum absolute atomic E-state index is 12.0. The van der Waals surface area contributed by atoms with Crippen LogP contribution in [-0.4, -0.2) is 29.3 Å². The number of rotatable bonds is 5. The Labute approximate surface area is 152 Å². The van der Waals surface area contributed by atoms with E-state index in [1.165, 1.54) is 7.11 Å². The van der Waals surface area contributed by atoms with Crippen molar-refractivity contribution in [1.29, 1.82) is 0 Å². The van der Waals surface area contributed by atoms with Gasteiger partial charge < -0.3 is 19.7 Å². The number of hydrogen-bond acceptors (Lipinski definition) is 5. The minimum atomic E-state index is -0.753. The molecule has 26 heavy (non-hydrogen) atoms. The molecule has 1 aromatic rings. The molecule has 1 saturated carbocycles. The zero-order valence-electron chi connectivity index (χ0n) is 15.3. The summed E-state index contributed by atoms with van der Waals surface area (Å²) >= 11 is 0. The summed E-state index contributed by atoms with van der Waals surface area (Å²) in [5.41, 5.74) is 3.20. The van der Waals surface area contributed by atoms with Crippen LogP contribution in [0.3, 0.4) is 0 Å². The Hall–Kier alpha value is -2.50. The number of carboxylic acids is 1. The van der Waals surface area contributed by atoms with Crippen molar-refractivity contribution in [2.45, 2.75) is 46.1 Å². The van der Waals surface area contributed by atoms with Gasteiger partial charge >= 0.3 is 11.9 Å². The summed E-state index contributed by atoms with van der Waals surface area (Å²) in [5.74, 6) is -1.16. The fourth-order valence-corrected chi connectivity index (χ4v) is 4.24. The predicted molar refractivity (Wildman–Crippen MR) is 94.4 cm³/mol. The molecule has 1 aliphatic heterocycles. The Bertz CT molecular complexity index is 792. The van der Waals surface area contributed by atoms with Gasteiger partial charge in [-0.3, -0.25) is 4.79 Å². The molecule has 0 radical (unpaired) electrons. The molecular formula is C20H24O6. The topological polar surface area (TPSA) is 93.1 Å². The fraction of sp³-hybridized carbons (Fsp3) is 0.500. The van der Waals surface area contributed by atoms with Crippen LogP contribution in [0.15, 0.2) is 11.6 Å². The molecular weight excluding hydrogens is 336 g/mol. The third-order valence-corrected chi connectivity index (χ3v) is 5.69. The summed E-state index contributed by atoms with van der Waals surface area (Å²) in [6.45, 7) is 3.92. The van der Waals surface area contributed by atoms with Crippen LogP contribution in [-0.2, 0) is 22.6 Å². The van der Waals surface area contributed by atoms with Crippen LogP contribution in [0.4, 0.5) is 0 Å². The van der Waals surface area contributed by atoms with Crippen molar-refractivity contribution in [3.8, 4) is 11.5 Å². The highest BCUT2D eigenvalue weighted by Crippen LogP contribution is 2.43. The van der Waals surface area contributed by atoms with Crippen molar-refractivity contribution in [3.63, 3.8) is 0 Å². The fourth-order valence-electron chi connectivity index (χ4n) is 4.24. The molecule has 2 aliphatic rings. The van der Waals surface area contributed by atoms with Gasteiger partial charge in [0.2, 0.25) is 0 Å². The summed E-state index contributed by atoms with van der Waals surface area (Å²) in [4.78, 5) is 23.4. The molecule has 0 aromatic heterocycles. The quantitative estimate of drug-likeness (QED) is 0.618. The van der Waals surface area contributed by atoms with Crippen LogP contribution >= 0.6 is 0 Å². The molecule has 0 spiro atoms. The smallest absolute Gasteiger partial charge is 0.342 e. The van der Waals surface area contributed by atoms with Crippen LogP contribution in [0.1, 0.15) is 53.2 Å². The zero-order valence-corrected chi connectivity index (χ0v) is 15.3. The molecule has 6 nitrogen and oxygen atoms in total. The highest BCUT2D eigenvalue weighted by molar-refractivity contribution is 5.98. The number of aromatic hydroxyl groups is 1. The SMILES string of the molecule is COc1c(C)c2c(c(O)c1C/C=C(/C)C1CCCC1C(=O)O)C(=O)OC2. The molecule has 1 fully saturated rings. The molecule has 2 N–H and O–H groups in total. The second-order valence-corrected chi connectivity index (χ2v) is 7.05. The zero-order chi connectivity index (χ0) is 19.0. The second kappa shape index (κ2) is 7.02. The molecule has 6 heteroatoms. The summed E-state index contributed by atoms with van der Waals surface area (Å²) in [6.07, 6.45) is 4.77. The molecule has 1 aliphatic carbocycles. The lowest BCUT2D eigenvalue weighted by Gasteiger charge is -2.18. The third-order valence-electron chi connectivity index (χ3n) is 5.69. The predicted octanol–water partition coefficient (Wildman–Crippen LogP) is 3.37. The van der Waals surface area contributed by atoms with Crippen molar-refractivity contribution in [2.24, 2.45) is 11.8 Å². The number of cyclic esters (lactones) is 1. The number of phenolic OH excluding ortho intramolecular Hbond substituents is 1. The number of esters is 1. The van der Waals surface area contributed by atoms with Gasteiger partial charge in [-0.05, 0) is 44.6 Å². The van der Waals surface area contributed by atoms with Gasteiger partial charge in [0.25, 0.3) is 0 Å². The molecule has 1 heterocycles. The minimum absolute atomic E-state index is 0.0149. The number of carbonyl (C=O) groups is 2. The molecule has 140 valence electrons. The van der Waals surface area contributed by atoms with Crippen molar-refractivity contribution in [1.82, 2.24) is 0 Å². The Balaban J connectivity index is 1.95. The van der Waals surface area contributed by atoms with E-state index < -0.39 is 11.9 Å². The van der Waals surface area contributed by atoms with E-state index in [1.54, 1.807) is 0 Å². The van der Waals surface area contributed by atoms with Crippen LogP contribution in [0.25, 0.3) is 0 Å². The monoisotopic (exact) mass is 360 g/mol. The molecule has 0 bridgehead atoms. The van der Waals surface area contributed by atoms with Gasteiger partial charge in [-0.25, -0.2) is 4.79 Å². The van der Waals surface area contributed by atoms with Gasteiger partial charge in [-0.1, -0.05) is 18.1 Å². The highest BCUT2D eigenvalue weighted by atomic mass is 16.5. The van der Waals surface area contributed by atoms with Crippen molar-refractivity contribution in [3.05, 3.63) is 33.9 Å². The lowest BCUT2D eigenvalue weighted by Crippen LogP contribution is -2.19. The number of carbonyl (C=O) groups excluding carboxylic acids is 1. The van der Waals surface area contributed by atoms with Gasteiger partial charge in [-0.2, -0.15) is 0 Å². The Kier molecular flexibility index (Phi) is 4.94. The molecule has 2 unspecified atom stereocenters. The standard InChI is InChI=1S/C20H24O6/c1-10(12-5-4-6-13(12)19(22)23)7-8-14-17(21)16-15(9-26-20(16)24)11(2)18(14)25-3/h7,12-13,21H,4-6,8-9H2,1-3H3,(H,22,23)/b10-7-. The van der Waals surface area contributed by atoms with E-state index in [9.17, 15) is 19.8 Å². The van der Waals surface area contributed by atoms with Crippen LogP contribution < -0.4 is 4.74 Å². The van der Waals surface area contributed by atoms with E-state index in [4.69, 9.17) is 9.47 Å². The van der Waals surface area contributed by atoms with Gasteiger partial charge in [0.15, 0.2) is 0 Å². The molecule has 0 amide bonds. The van der Waals surface area contributed by atoms with Crippen molar-refractivity contribution >= 4 is 11.9 Å². The molecule has 2 atom stereocenters. The number of ether oxygens (including phenoxy) is 2. The number of allylic oxidation sites excluding steroid dienone is 2. The Morgan fingerprint density at radius 2 is 2.04 bits per heavy atom. The summed E-state index contributed by atoms with van der Waals surface area (Å²) in [6, 6.07) is 0. The van der Waals surface area contributed by atoms with E-state index in [0.29, 0.717) is 29.7 Å². The first-order valence-electron chi connectivity index (χ1n) is 8.84. The van der Waals surface area contributed by atoms with Crippen LogP contribution in [0, 0.1) is 18.8 Å². The lowest BCUT2D eigenvalue weighted by molar-refractivity contribution is -0.142. The maximum atomic E-state index is 12.0. The average Bonchev–Trinajstić information content (AvgIpc) is 3.23. The molecule has 3 rings (SSSR count). The molecule has 1 aromatic carbocycles. The number of methoxy groups -OCH3 is 1. The highest BCUT2D eigenvalue weighted by Gasteiger charge is 2.34. The van der Waals surface area contributed by atoms with Gasteiger partial charge in [0.1, 0.15) is 23.7 Å². The number of carboxylic acid groups (broad SMARTS) is 1. The van der Waals surface area contributed by atoms with E-state index in [0.717, 1.165) is 24.0 Å². The number of hydrogen-bond donors (Lipinski definition) is 2. The van der Waals surface area contributed by atoms with E-state index >= 15 is 0 Å². The number of phenols is 1. The van der Waals surface area contributed by atoms with E-state index in [1.807, 2.05) is 19.9 Å². The first-order chi connectivity index (χ1) is 12.4. The van der Waals surface area contributed by atoms with Crippen molar-refractivity contribution < 1.29 is 29.3 Å². The van der Waals surface area contributed by atoms with Gasteiger partial charge in [-0.15, -0.1) is 0 Å². The summed E-state index contributed by atoms with van der Waals surface area (Å²) < 4.78 is 10.5. The third kappa shape index (κ3) is 2.93. The van der Waals surface area contributed by atoms with Gasteiger partial charge in [0, 0.05) is 11.1 Å². The van der Waals surface area contributed by atoms with Crippen LogP contribution in [0.5, 0.6) is 11.5 Å². The van der Waals surface area contributed by atoms with Crippen molar-refractivity contribution in [2.75, 3.05) is 7.11 Å². The number of benzene rings is 1. The first kappa shape index (κ1) is 18.3. The number of fused-ring (bicyclic) bond motifs is 1. The van der Waals surface area contributed by atoms with E-state index in [-0.39, 0.29) is 29.8 Å². The Morgan fingerprint density at radius 1 is 1.35 bits per heavy atom. The minimum Gasteiger partial charge on any atom is -0.507 e. The summed E-state index contributed by atoms with van der Waals surface area (Å²) in [5, 5.41) is 20.0. The Morgan fingerprint density at radius 3 is 2.69 bits per heavy atom. The first-order valence-corrected chi connectivity index (χ1v) is 8.84. The summed E-state index contributed by atoms with van der Waals surface area (Å²) in [7, 11) is 1.53. The normalized spacial score (nSPS) is 22.3. The molecule has 0 saturated heterocycles. The number of aliphatic carboxylic acids is 1. The van der Waals surface area contributed by atoms with Gasteiger partial charge in [0.05, 0.1) is 13.0 Å². The lowest BCUT2D eigenvalue weighted by atomic mass is 9.88. The maximum Gasteiger partial charge on any atom is 0.342 e. The van der Waals surface area contributed by atoms with E-state index in [2.05, 4.69) is 0 Å². The average molecular weight is 360 g/mol. The largest absolute Gasteiger partial charge is 0.507 e. The van der Waals surface area contributed by atoms with Crippen LogP contribution in [0.2, 0.25) is 0 Å². The second-order valence-electron chi connectivity index (χ2n) is 7.05.